The molecule has 0 saturated carbocycles. The summed E-state index contributed by atoms with van der Waals surface area (Å²) in [6.45, 7) is 2.02. The summed E-state index contributed by atoms with van der Waals surface area (Å²) in [5, 5.41) is 0.948. The maximum Gasteiger partial charge on any atom is 0.199 e. The van der Waals surface area contributed by atoms with Crippen molar-refractivity contribution in [1.82, 2.24) is 9.97 Å². The van der Waals surface area contributed by atoms with Gasteiger partial charge < -0.3 is 10.7 Å². The number of aromatic amines is 1. The lowest BCUT2D eigenvalue weighted by atomic mass is 10.2. The second kappa shape index (κ2) is 2.81. The number of H-pyrrole nitrogens is 1. The molecule has 3 N–H and O–H groups in total. The van der Waals surface area contributed by atoms with Crippen molar-refractivity contribution in [3.8, 4) is 0 Å². The van der Waals surface area contributed by atoms with Crippen molar-refractivity contribution in [3.63, 3.8) is 0 Å². The van der Waals surface area contributed by atoms with Gasteiger partial charge in [0, 0.05) is 5.39 Å². The van der Waals surface area contributed by atoms with Gasteiger partial charge >= 0.3 is 0 Å². The van der Waals surface area contributed by atoms with Crippen LogP contribution in [0.1, 0.15) is 5.56 Å². The van der Waals surface area contributed by atoms with E-state index >= 15 is 0 Å². The van der Waals surface area contributed by atoms with Crippen LogP contribution in [0.25, 0.3) is 10.9 Å². The summed E-state index contributed by atoms with van der Waals surface area (Å²) in [5.74, 6) is 0.362. The molecule has 0 atom stereocenters. The molecule has 0 spiro atoms. The molecule has 0 bridgehead atoms. The van der Waals surface area contributed by atoms with E-state index in [1.807, 2.05) is 25.1 Å². The van der Waals surface area contributed by atoms with E-state index in [0.717, 1.165) is 10.9 Å². The Balaban J connectivity index is 2.95. The molecule has 1 aromatic carbocycles. The first-order valence-electron chi connectivity index (χ1n) is 3.93. The molecule has 13 heavy (non-hydrogen) atoms. The van der Waals surface area contributed by atoms with E-state index in [9.17, 15) is 0 Å². The van der Waals surface area contributed by atoms with Crippen molar-refractivity contribution >= 4 is 29.1 Å². The maximum absolute atomic E-state index is 5.53. The molecule has 66 valence electrons. The van der Waals surface area contributed by atoms with Crippen LogP contribution in [0.5, 0.6) is 0 Å². The molecule has 2 aromatic rings. The highest BCUT2D eigenvalue weighted by Crippen LogP contribution is 2.14. The predicted molar refractivity (Wildman–Crippen MR) is 56.1 cm³/mol. The second-order valence-corrected chi connectivity index (χ2v) is 3.36. The van der Waals surface area contributed by atoms with Gasteiger partial charge in [0.25, 0.3) is 0 Å². The number of nitrogens with zero attached hydrogens (tertiary/aromatic N) is 1. The minimum atomic E-state index is 0.362. The van der Waals surface area contributed by atoms with Crippen LogP contribution >= 0.6 is 12.2 Å². The molecule has 3 nitrogen and oxygen atoms in total. The zero-order valence-corrected chi connectivity index (χ0v) is 7.98. The predicted octanol–water partition coefficient (Wildman–Crippen LogP) is 2.18. The second-order valence-electron chi connectivity index (χ2n) is 2.98. The number of nitrogen functional groups attached to an aromatic ring is 1. The van der Waals surface area contributed by atoms with Gasteiger partial charge in [-0.15, -0.1) is 0 Å². The number of anilines is 1. The summed E-state index contributed by atoms with van der Waals surface area (Å²) in [5.41, 5.74) is 7.63. The first kappa shape index (κ1) is 8.19. The molecule has 0 radical (unpaired) electrons. The molecule has 0 aliphatic heterocycles. The van der Waals surface area contributed by atoms with Crippen molar-refractivity contribution in [2.45, 2.75) is 6.92 Å². The van der Waals surface area contributed by atoms with Gasteiger partial charge in [0.05, 0.1) is 5.52 Å². The Hall–Kier alpha value is -1.42. The third kappa shape index (κ3) is 1.40. The molecule has 0 fully saturated rings. The third-order valence-corrected chi connectivity index (χ3v) is 2.20. The Kier molecular flexibility index (Phi) is 1.77. The summed E-state index contributed by atoms with van der Waals surface area (Å²) in [6, 6.07) is 5.96. The topological polar surface area (TPSA) is 54.7 Å². The van der Waals surface area contributed by atoms with Crippen molar-refractivity contribution in [2.24, 2.45) is 0 Å². The number of aromatic nitrogens is 2. The highest BCUT2D eigenvalue weighted by atomic mass is 32.1. The maximum atomic E-state index is 5.53. The molecular formula is C9H9N3S. The number of fused-ring (bicyclic) bond motifs is 1. The van der Waals surface area contributed by atoms with Gasteiger partial charge in [0.15, 0.2) is 5.95 Å². The van der Waals surface area contributed by atoms with Crippen molar-refractivity contribution in [1.29, 1.82) is 0 Å². The average molecular weight is 191 g/mol. The average Bonchev–Trinajstić information content (AvgIpc) is 2.06. The summed E-state index contributed by atoms with van der Waals surface area (Å²) < 4.78 is 0.551. The first-order chi connectivity index (χ1) is 6.16. The Morgan fingerprint density at radius 2 is 2.23 bits per heavy atom. The normalized spacial score (nSPS) is 10.5. The summed E-state index contributed by atoms with van der Waals surface area (Å²) in [6.07, 6.45) is 0. The molecular weight excluding hydrogens is 182 g/mol. The molecule has 4 heteroatoms. The highest BCUT2D eigenvalue weighted by molar-refractivity contribution is 7.71. The van der Waals surface area contributed by atoms with E-state index in [4.69, 9.17) is 18.0 Å². The van der Waals surface area contributed by atoms with Crippen molar-refractivity contribution < 1.29 is 0 Å². The molecule has 0 amide bonds. The molecule has 0 saturated heterocycles. The standard InChI is InChI=1S/C9H9N3S/c1-5-2-3-7-6(4-5)8(13)12-9(10)11-7/h2-4H,1H3,(H3,10,11,12,13). The van der Waals surface area contributed by atoms with E-state index in [1.54, 1.807) is 0 Å². The van der Waals surface area contributed by atoms with E-state index in [-0.39, 0.29) is 0 Å². The molecule has 0 aliphatic carbocycles. The van der Waals surface area contributed by atoms with Gasteiger partial charge in [0.1, 0.15) is 4.64 Å². The van der Waals surface area contributed by atoms with Gasteiger partial charge in [-0.1, -0.05) is 23.8 Å². The van der Waals surface area contributed by atoms with E-state index in [2.05, 4.69) is 9.97 Å². The third-order valence-electron chi connectivity index (χ3n) is 1.89. The number of nitrogens with two attached hydrogens (primary N) is 1. The Bertz CT molecular complexity index is 516. The number of hydrogen-bond donors (Lipinski definition) is 2. The van der Waals surface area contributed by atoms with Crippen molar-refractivity contribution in [3.05, 3.63) is 28.4 Å². The van der Waals surface area contributed by atoms with Gasteiger partial charge in [-0.3, -0.25) is 0 Å². The van der Waals surface area contributed by atoms with Crippen LogP contribution in [0.2, 0.25) is 0 Å². The largest absolute Gasteiger partial charge is 0.369 e. The van der Waals surface area contributed by atoms with Crippen molar-refractivity contribution in [2.75, 3.05) is 5.73 Å². The summed E-state index contributed by atoms with van der Waals surface area (Å²) >= 11 is 5.09. The number of nitrogens with one attached hydrogen (secondary N) is 1. The van der Waals surface area contributed by atoms with Crippen LogP contribution in [-0.2, 0) is 0 Å². The monoisotopic (exact) mass is 191 g/mol. The molecule has 1 aromatic heterocycles. The molecule has 1 heterocycles. The zero-order chi connectivity index (χ0) is 9.42. The highest BCUT2D eigenvalue weighted by Gasteiger charge is 1.97. The minimum Gasteiger partial charge on any atom is -0.369 e. The lowest BCUT2D eigenvalue weighted by Gasteiger charge is -2.00. The summed E-state index contributed by atoms with van der Waals surface area (Å²) in [7, 11) is 0. The van der Waals surface area contributed by atoms with Gasteiger partial charge in [0.2, 0.25) is 0 Å². The Labute approximate surface area is 80.6 Å². The van der Waals surface area contributed by atoms with E-state index < -0.39 is 0 Å². The van der Waals surface area contributed by atoms with Crippen LogP contribution in [0.15, 0.2) is 18.2 Å². The lowest BCUT2D eigenvalue weighted by Crippen LogP contribution is -1.95. The smallest absolute Gasteiger partial charge is 0.199 e. The number of benzene rings is 1. The minimum absolute atomic E-state index is 0.362. The van der Waals surface area contributed by atoms with Gasteiger partial charge in [-0.05, 0) is 19.1 Å². The van der Waals surface area contributed by atoms with Crippen LogP contribution < -0.4 is 5.73 Å². The van der Waals surface area contributed by atoms with E-state index in [0.29, 0.717) is 10.6 Å². The molecule has 0 aliphatic rings. The zero-order valence-electron chi connectivity index (χ0n) is 7.16. The SMILES string of the molecule is Cc1ccc2[nH]c(N)nc(=S)c2c1. The quantitative estimate of drug-likeness (QED) is 0.627. The van der Waals surface area contributed by atoms with Gasteiger partial charge in [-0.25, -0.2) is 4.98 Å². The van der Waals surface area contributed by atoms with Gasteiger partial charge in [-0.2, -0.15) is 0 Å². The Morgan fingerprint density at radius 3 is 3.00 bits per heavy atom. The van der Waals surface area contributed by atoms with Crippen LogP contribution in [0, 0.1) is 11.6 Å². The fraction of sp³-hybridized carbons (Fsp3) is 0.111. The van der Waals surface area contributed by atoms with E-state index in [1.165, 1.54) is 5.56 Å². The fourth-order valence-corrected chi connectivity index (χ4v) is 1.55. The molecule has 0 unspecified atom stereocenters. The van der Waals surface area contributed by atoms with Crippen LogP contribution in [0.4, 0.5) is 5.95 Å². The number of aryl methyl sites for hydroxylation is 1. The Morgan fingerprint density at radius 1 is 1.46 bits per heavy atom. The summed E-state index contributed by atoms with van der Waals surface area (Å²) in [4.78, 5) is 6.94. The lowest BCUT2D eigenvalue weighted by molar-refractivity contribution is 1.22. The number of rotatable bonds is 0. The van der Waals surface area contributed by atoms with Crippen LogP contribution in [-0.4, -0.2) is 9.97 Å². The fourth-order valence-electron chi connectivity index (χ4n) is 1.28. The number of hydrogen-bond acceptors (Lipinski definition) is 3. The first-order valence-corrected chi connectivity index (χ1v) is 4.34. The van der Waals surface area contributed by atoms with Crippen LogP contribution in [0.3, 0.4) is 0 Å². The molecule has 2 rings (SSSR count).